The van der Waals surface area contributed by atoms with E-state index in [1.165, 1.54) is 6.33 Å². The number of hydrogen-bond acceptors (Lipinski definition) is 5. The first kappa shape index (κ1) is 13.8. The minimum Gasteiger partial charge on any atom is -0.439 e. The highest BCUT2D eigenvalue weighted by Gasteiger charge is 2.09. The van der Waals surface area contributed by atoms with Crippen LogP contribution in [-0.4, -0.2) is 31.6 Å². The molecule has 0 saturated heterocycles. The highest BCUT2D eigenvalue weighted by molar-refractivity contribution is 6.29. The topological polar surface area (TPSA) is 83.9 Å². The van der Waals surface area contributed by atoms with Crippen LogP contribution >= 0.6 is 11.6 Å². The zero-order chi connectivity index (χ0) is 14.8. The lowest BCUT2D eigenvalue weighted by Gasteiger charge is -2.05. The second-order valence-corrected chi connectivity index (χ2v) is 4.96. The molecule has 1 aromatic carbocycles. The van der Waals surface area contributed by atoms with Crippen molar-refractivity contribution in [1.29, 1.82) is 0 Å². The predicted molar refractivity (Wildman–Crippen MR) is 78.7 cm³/mol. The van der Waals surface area contributed by atoms with Gasteiger partial charge in [-0.05, 0) is 18.6 Å². The maximum Gasteiger partial charge on any atom is 0.223 e. The summed E-state index contributed by atoms with van der Waals surface area (Å²) in [5.74, 6) is 1.76. The van der Waals surface area contributed by atoms with E-state index in [-0.39, 0.29) is 6.61 Å². The van der Waals surface area contributed by atoms with Gasteiger partial charge in [-0.15, -0.1) is 0 Å². The van der Waals surface area contributed by atoms with Gasteiger partial charge in [0.05, 0.1) is 17.6 Å². The molecular formula is C14H13ClN4O2. The van der Waals surface area contributed by atoms with E-state index in [4.69, 9.17) is 21.4 Å². The summed E-state index contributed by atoms with van der Waals surface area (Å²) in [7, 11) is 0. The van der Waals surface area contributed by atoms with Gasteiger partial charge in [0.1, 0.15) is 23.1 Å². The maximum absolute atomic E-state index is 8.98. The van der Waals surface area contributed by atoms with Crippen LogP contribution in [0.5, 0.6) is 11.6 Å². The molecule has 0 amide bonds. The molecule has 21 heavy (non-hydrogen) atoms. The van der Waals surface area contributed by atoms with E-state index < -0.39 is 0 Å². The summed E-state index contributed by atoms with van der Waals surface area (Å²) in [6, 6.07) is 5.26. The van der Waals surface area contributed by atoms with Crippen molar-refractivity contribution < 1.29 is 9.84 Å². The van der Waals surface area contributed by atoms with Gasteiger partial charge < -0.3 is 14.8 Å². The van der Waals surface area contributed by atoms with Crippen molar-refractivity contribution >= 4 is 22.6 Å². The molecule has 0 aliphatic heterocycles. The number of aliphatic hydroxyl groups excluding tert-OH is 1. The van der Waals surface area contributed by atoms with Crippen molar-refractivity contribution in [3.63, 3.8) is 0 Å². The van der Waals surface area contributed by atoms with Crippen molar-refractivity contribution in [2.24, 2.45) is 0 Å². The van der Waals surface area contributed by atoms with E-state index in [1.54, 1.807) is 6.07 Å². The molecule has 0 atom stereocenters. The number of aliphatic hydroxyl groups is 1. The molecule has 0 fully saturated rings. The molecule has 0 unspecified atom stereocenters. The number of benzene rings is 1. The molecular weight excluding hydrogens is 292 g/mol. The SMILES string of the molecule is Cc1cc(Oc2cc(Cl)ncn2)cc2[nH]c(CCO)nc12. The van der Waals surface area contributed by atoms with Crippen LogP contribution in [0.15, 0.2) is 24.5 Å². The largest absolute Gasteiger partial charge is 0.439 e. The number of fused-ring (bicyclic) bond motifs is 1. The second kappa shape index (κ2) is 5.67. The van der Waals surface area contributed by atoms with Crippen LogP contribution in [0.4, 0.5) is 0 Å². The van der Waals surface area contributed by atoms with Gasteiger partial charge in [0.2, 0.25) is 5.88 Å². The van der Waals surface area contributed by atoms with Crippen LogP contribution in [0.25, 0.3) is 11.0 Å². The number of H-pyrrole nitrogens is 1. The van der Waals surface area contributed by atoms with Gasteiger partial charge in [0.15, 0.2) is 0 Å². The normalized spacial score (nSPS) is 11.0. The maximum atomic E-state index is 8.98. The lowest BCUT2D eigenvalue weighted by molar-refractivity contribution is 0.297. The van der Waals surface area contributed by atoms with Crippen LogP contribution in [0.3, 0.4) is 0 Å². The Kier molecular flexibility index (Phi) is 3.72. The lowest BCUT2D eigenvalue weighted by atomic mass is 10.2. The van der Waals surface area contributed by atoms with Gasteiger partial charge in [0, 0.05) is 18.6 Å². The summed E-state index contributed by atoms with van der Waals surface area (Å²) in [6.45, 7) is 2.01. The average Bonchev–Trinajstić information content (AvgIpc) is 2.82. The number of imidazole rings is 1. The third-order valence-corrected chi connectivity index (χ3v) is 3.19. The molecule has 2 aromatic heterocycles. The van der Waals surface area contributed by atoms with Crippen molar-refractivity contribution in [2.45, 2.75) is 13.3 Å². The number of nitrogens with one attached hydrogen (secondary N) is 1. The molecule has 108 valence electrons. The first-order chi connectivity index (χ1) is 10.2. The fourth-order valence-corrected chi connectivity index (χ4v) is 2.22. The third-order valence-electron chi connectivity index (χ3n) is 2.98. The number of hydrogen-bond donors (Lipinski definition) is 2. The third kappa shape index (κ3) is 2.96. The fourth-order valence-electron chi connectivity index (χ4n) is 2.09. The number of halogens is 1. The smallest absolute Gasteiger partial charge is 0.223 e. The summed E-state index contributed by atoms with van der Waals surface area (Å²) in [6.07, 6.45) is 1.84. The predicted octanol–water partition coefficient (Wildman–Crippen LogP) is 2.64. The van der Waals surface area contributed by atoms with Gasteiger partial charge in [-0.3, -0.25) is 0 Å². The van der Waals surface area contributed by atoms with E-state index in [9.17, 15) is 0 Å². The number of ether oxygens (including phenoxy) is 1. The molecule has 0 spiro atoms. The highest BCUT2D eigenvalue weighted by atomic mass is 35.5. The van der Waals surface area contributed by atoms with Gasteiger partial charge in [-0.1, -0.05) is 11.6 Å². The summed E-state index contributed by atoms with van der Waals surface area (Å²) in [4.78, 5) is 15.4. The van der Waals surface area contributed by atoms with Crippen molar-refractivity contribution in [2.75, 3.05) is 6.61 Å². The Balaban J connectivity index is 1.96. The number of aromatic nitrogens is 4. The Labute approximate surface area is 125 Å². The van der Waals surface area contributed by atoms with Gasteiger partial charge in [-0.25, -0.2) is 15.0 Å². The number of rotatable bonds is 4. The zero-order valence-electron chi connectivity index (χ0n) is 11.3. The monoisotopic (exact) mass is 304 g/mol. The van der Waals surface area contributed by atoms with E-state index in [0.29, 0.717) is 23.2 Å². The van der Waals surface area contributed by atoms with E-state index in [0.717, 1.165) is 22.4 Å². The van der Waals surface area contributed by atoms with Gasteiger partial charge in [0.25, 0.3) is 0 Å². The molecule has 2 heterocycles. The highest BCUT2D eigenvalue weighted by Crippen LogP contribution is 2.27. The zero-order valence-corrected chi connectivity index (χ0v) is 12.1. The van der Waals surface area contributed by atoms with Gasteiger partial charge >= 0.3 is 0 Å². The number of nitrogens with zero attached hydrogens (tertiary/aromatic N) is 3. The molecule has 6 nitrogen and oxygen atoms in total. The molecule has 0 aliphatic carbocycles. The Morgan fingerprint density at radius 1 is 1.29 bits per heavy atom. The summed E-state index contributed by atoms with van der Waals surface area (Å²) < 4.78 is 5.68. The van der Waals surface area contributed by atoms with Crippen molar-refractivity contribution in [1.82, 2.24) is 19.9 Å². The second-order valence-electron chi connectivity index (χ2n) is 4.57. The minimum atomic E-state index is 0.0572. The van der Waals surface area contributed by atoms with E-state index >= 15 is 0 Å². The van der Waals surface area contributed by atoms with Crippen LogP contribution < -0.4 is 4.74 Å². The molecule has 3 aromatic rings. The Morgan fingerprint density at radius 2 is 2.14 bits per heavy atom. The molecule has 0 radical (unpaired) electrons. The summed E-state index contributed by atoms with van der Waals surface area (Å²) in [5, 5.41) is 9.30. The Morgan fingerprint density at radius 3 is 2.90 bits per heavy atom. The molecule has 0 saturated carbocycles. The average molecular weight is 305 g/mol. The standard InChI is InChI=1S/C14H13ClN4O2/c1-8-4-9(21-13-6-11(15)16-7-17-13)5-10-14(8)19-12(18-10)2-3-20/h4-7,20H,2-3H2,1H3,(H,18,19). The summed E-state index contributed by atoms with van der Waals surface area (Å²) >= 11 is 5.80. The first-order valence-corrected chi connectivity index (χ1v) is 6.79. The van der Waals surface area contributed by atoms with Crippen LogP contribution in [0.1, 0.15) is 11.4 Å². The number of aryl methyl sites for hydroxylation is 1. The summed E-state index contributed by atoms with van der Waals surface area (Å²) in [5.41, 5.74) is 2.70. The molecule has 2 N–H and O–H groups in total. The van der Waals surface area contributed by atoms with Crippen LogP contribution in [-0.2, 0) is 6.42 Å². The minimum absolute atomic E-state index is 0.0572. The quantitative estimate of drug-likeness (QED) is 0.724. The number of aromatic amines is 1. The molecule has 7 heteroatoms. The fraction of sp³-hybridized carbons (Fsp3) is 0.214. The van der Waals surface area contributed by atoms with E-state index in [2.05, 4.69) is 19.9 Å². The van der Waals surface area contributed by atoms with Crippen molar-refractivity contribution in [3.8, 4) is 11.6 Å². The Hall–Kier alpha value is -2.18. The van der Waals surface area contributed by atoms with Crippen LogP contribution in [0, 0.1) is 6.92 Å². The van der Waals surface area contributed by atoms with E-state index in [1.807, 2.05) is 19.1 Å². The van der Waals surface area contributed by atoms with Crippen molar-refractivity contribution in [3.05, 3.63) is 41.1 Å². The lowest BCUT2D eigenvalue weighted by Crippen LogP contribution is -1.91. The molecule has 3 rings (SSSR count). The molecule has 0 aliphatic rings. The van der Waals surface area contributed by atoms with Crippen LogP contribution in [0.2, 0.25) is 5.15 Å². The van der Waals surface area contributed by atoms with Gasteiger partial charge in [-0.2, -0.15) is 0 Å². The first-order valence-electron chi connectivity index (χ1n) is 6.41. The molecule has 0 bridgehead atoms. The Bertz CT molecular complexity index is 788.